The highest BCUT2D eigenvalue weighted by atomic mass is 32.1. The minimum absolute atomic E-state index is 0.357. The predicted molar refractivity (Wildman–Crippen MR) is 103 cm³/mol. The van der Waals surface area contributed by atoms with Crippen molar-refractivity contribution in [2.24, 2.45) is 0 Å². The number of thiazole rings is 1. The van der Waals surface area contributed by atoms with E-state index in [4.69, 9.17) is 19.5 Å². The van der Waals surface area contributed by atoms with Gasteiger partial charge in [0.1, 0.15) is 10.8 Å². The summed E-state index contributed by atoms with van der Waals surface area (Å²) in [5, 5.41) is 25.5. The summed E-state index contributed by atoms with van der Waals surface area (Å²) in [5.41, 5.74) is 2.45. The highest BCUT2D eigenvalue weighted by molar-refractivity contribution is 7.14. The molecule has 9 heteroatoms. The molecule has 148 valence electrons. The largest absolute Gasteiger partial charge is 0.413 e. The Balaban J connectivity index is 2.07. The molecular weight excluding hydrogens is 370 g/mol. The fourth-order valence-electron chi connectivity index (χ4n) is 2.32. The van der Waals surface area contributed by atoms with Gasteiger partial charge in [0.2, 0.25) is 5.06 Å². The number of ether oxygens (including phenoxy) is 1. The number of aryl methyl sites for hydroxylation is 3. The maximum atomic E-state index is 11.8. The first-order chi connectivity index (χ1) is 13.0. The number of aromatic nitrogens is 2. The van der Waals surface area contributed by atoms with E-state index in [9.17, 15) is 4.79 Å². The second-order valence-electron chi connectivity index (χ2n) is 6.06. The zero-order valence-electron chi connectivity index (χ0n) is 15.7. The van der Waals surface area contributed by atoms with Gasteiger partial charge in [0, 0.05) is 5.56 Å². The number of carbonyl (C=O) groups excluding carboxylic acids is 1. The van der Waals surface area contributed by atoms with Gasteiger partial charge < -0.3 is 24.8 Å². The van der Waals surface area contributed by atoms with E-state index in [1.54, 1.807) is 6.92 Å². The molecule has 2 aromatic heterocycles. The topological polar surface area (TPSA) is 118 Å². The van der Waals surface area contributed by atoms with Gasteiger partial charge in [-0.1, -0.05) is 29.8 Å². The Bertz CT molecular complexity index is 780. The molecule has 0 saturated carbocycles. The molecule has 3 N–H and O–H groups in total. The number of aliphatic hydroxyl groups excluding tert-OH is 2. The molecule has 0 aliphatic carbocycles. The van der Waals surface area contributed by atoms with Crippen molar-refractivity contribution in [3.8, 4) is 5.06 Å². The minimum Gasteiger partial charge on any atom is -0.397 e. The van der Waals surface area contributed by atoms with Gasteiger partial charge in [0.25, 0.3) is 0 Å². The van der Waals surface area contributed by atoms with Crippen LogP contribution in [0.3, 0.4) is 0 Å². The molecule has 0 aliphatic rings. The number of hydrogen-bond donors (Lipinski definition) is 3. The lowest BCUT2D eigenvalue weighted by atomic mass is 10.1. The van der Waals surface area contributed by atoms with Crippen molar-refractivity contribution in [1.82, 2.24) is 15.5 Å². The van der Waals surface area contributed by atoms with Crippen molar-refractivity contribution in [3.05, 3.63) is 27.7 Å². The molecule has 0 bridgehead atoms. The second-order valence-corrected chi connectivity index (χ2v) is 7.05. The molecule has 0 aliphatic heterocycles. The van der Waals surface area contributed by atoms with E-state index in [1.807, 2.05) is 19.1 Å². The van der Waals surface area contributed by atoms with Gasteiger partial charge in [0.15, 0.2) is 0 Å². The number of nitrogens with zero attached hydrogens (tertiary/aromatic N) is 2. The molecule has 0 spiro atoms. The van der Waals surface area contributed by atoms with Crippen LogP contribution in [0.15, 0.2) is 4.52 Å². The van der Waals surface area contributed by atoms with E-state index < -0.39 is 12.1 Å². The molecule has 2 rings (SSSR count). The SMILES string of the molecule is CCCCc1noc(C)c1/C=C/c1nc(C)c(OC(=O)NC(CO)CO)s1. The summed E-state index contributed by atoms with van der Waals surface area (Å²) in [6, 6.07) is -0.761. The molecule has 0 atom stereocenters. The molecule has 2 aromatic rings. The quantitative estimate of drug-likeness (QED) is 0.597. The highest BCUT2D eigenvalue weighted by Crippen LogP contribution is 2.29. The normalized spacial score (nSPS) is 11.5. The number of aliphatic hydroxyl groups is 2. The predicted octanol–water partition coefficient (Wildman–Crippen LogP) is 2.70. The summed E-state index contributed by atoms with van der Waals surface area (Å²) in [5.74, 6) is 0.750. The van der Waals surface area contributed by atoms with Crippen molar-refractivity contribution >= 4 is 29.6 Å². The molecule has 2 heterocycles. The summed E-state index contributed by atoms with van der Waals surface area (Å²) < 4.78 is 10.5. The molecule has 0 saturated heterocycles. The lowest BCUT2D eigenvalue weighted by Crippen LogP contribution is -2.41. The smallest absolute Gasteiger partial charge is 0.397 e. The Morgan fingerprint density at radius 3 is 2.74 bits per heavy atom. The zero-order valence-corrected chi connectivity index (χ0v) is 16.5. The zero-order chi connectivity index (χ0) is 19.8. The maximum Gasteiger partial charge on any atom is 0.413 e. The maximum absolute atomic E-state index is 11.8. The van der Waals surface area contributed by atoms with Crippen molar-refractivity contribution in [3.63, 3.8) is 0 Å². The molecular formula is C18H25N3O5S. The lowest BCUT2D eigenvalue weighted by Gasteiger charge is -2.12. The Morgan fingerprint density at radius 2 is 2.07 bits per heavy atom. The summed E-state index contributed by atoms with van der Waals surface area (Å²) in [7, 11) is 0. The molecule has 8 nitrogen and oxygen atoms in total. The summed E-state index contributed by atoms with van der Waals surface area (Å²) in [6.07, 6.45) is 5.97. The van der Waals surface area contributed by atoms with Gasteiger partial charge >= 0.3 is 6.09 Å². The lowest BCUT2D eigenvalue weighted by molar-refractivity contribution is 0.153. The first kappa shape index (κ1) is 21.1. The van der Waals surface area contributed by atoms with Crippen LogP contribution < -0.4 is 10.1 Å². The number of unbranched alkanes of at least 4 members (excludes halogenated alkanes) is 1. The van der Waals surface area contributed by atoms with Gasteiger partial charge in [-0.05, 0) is 38.8 Å². The number of rotatable bonds is 9. The third kappa shape index (κ3) is 5.88. The van der Waals surface area contributed by atoms with Crippen LogP contribution in [0.1, 0.15) is 47.5 Å². The molecule has 0 radical (unpaired) electrons. The standard InChI is InChI=1S/C18H25N3O5S/c1-4-5-6-15-14(12(3)26-21-15)7-8-16-19-11(2)17(27-16)25-18(24)20-13(9-22)10-23/h7-8,13,22-23H,4-6,9-10H2,1-3H3,(H,20,24)/b8-7+. The number of hydrogen-bond acceptors (Lipinski definition) is 8. The fourth-order valence-corrected chi connectivity index (χ4v) is 3.14. The average Bonchev–Trinajstić information content (AvgIpc) is 3.18. The van der Waals surface area contributed by atoms with Crippen LogP contribution in [0.2, 0.25) is 0 Å². The van der Waals surface area contributed by atoms with Gasteiger partial charge in [-0.25, -0.2) is 9.78 Å². The van der Waals surface area contributed by atoms with Crippen molar-refractivity contribution in [1.29, 1.82) is 0 Å². The Morgan fingerprint density at radius 1 is 1.33 bits per heavy atom. The highest BCUT2D eigenvalue weighted by Gasteiger charge is 2.16. The number of amides is 1. The molecule has 0 fully saturated rings. The summed E-state index contributed by atoms with van der Waals surface area (Å²) in [6.45, 7) is 4.98. The van der Waals surface area contributed by atoms with E-state index in [0.29, 0.717) is 15.8 Å². The van der Waals surface area contributed by atoms with E-state index in [-0.39, 0.29) is 13.2 Å². The number of carbonyl (C=O) groups is 1. The van der Waals surface area contributed by atoms with Crippen molar-refractivity contribution in [2.75, 3.05) is 13.2 Å². The summed E-state index contributed by atoms with van der Waals surface area (Å²) in [4.78, 5) is 16.2. The Kier molecular flexibility index (Phi) is 7.96. The van der Waals surface area contributed by atoms with Crippen molar-refractivity contribution in [2.45, 2.75) is 46.1 Å². The van der Waals surface area contributed by atoms with Gasteiger partial charge in [-0.2, -0.15) is 0 Å². The Labute approximate surface area is 161 Å². The van der Waals surface area contributed by atoms with Gasteiger partial charge in [-0.3, -0.25) is 0 Å². The molecule has 0 aromatic carbocycles. The third-order valence-corrected chi connectivity index (χ3v) is 4.86. The molecule has 0 unspecified atom stereocenters. The fraction of sp³-hybridized carbons (Fsp3) is 0.500. The van der Waals surface area contributed by atoms with Crippen molar-refractivity contribution < 1.29 is 24.3 Å². The van der Waals surface area contributed by atoms with Crippen LogP contribution in [-0.4, -0.2) is 45.7 Å². The summed E-state index contributed by atoms with van der Waals surface area (Å²) >= 11 is 1.22. The van der Waals surface area contributed by atoms with Gasteiger partial charge in [0.05, 0.1) is 30.6 Å². The monoisotopic (exact) mass is 395 g/mol. The van der Waals surface area contributed by atoms with Gasteiger partial charge in [-0.15, -0.1) is 0 Å². The van der Waals surface area contributed by atoms with Crippen LogP contribution in [0.25, 0.3) is 12.2 Å². The number of nitrogens with one attached hydrogen (secondary N) is 1. The van der Waals surface area contributed by atoms with Crippen LogP contribution in [0, 0.1) is 13.8 Å². The first-order valence-corrected chi connectivity index (χ1v) is 9.60. The average molecular weight is 395 g/mol. The van der Waals surface area contributed by atoms with E-state index in [2.05, 4.69) is 22.4 Å². The van der Waals surface area contributed by atoms with Crippen LogP contribution in [-0.2, 0) is 6.42 Å². The van der Waals surface area contributed by atoms with E-state index in [0.717, 1.165) is 36.3 Å². The van der Waals surface area contributed by atoms with Crippen LogP contribution in [0.4, 0.5) is 4.79 Å². The Hall–Kier alpha value is -2.23. The molecule has 1 amide bonds. The van der Waals surface area contributed by atoms with Crippen LogP contribution >= 0.6 is 11.3 Å². The van der Waals surface area contributed by atoms with E-state index >= 15 is 0 Å². The third-order valence-electron chi connectivity index (χ3n) is 3.86. The minimum atomic E-state index is -0.761. The van der Waals surface area contributed by atoms with E-state index in [1.165, 1.54) is 11.3 Å². The second kappa shape index (κ2) is 10.2. The van der Waals surface area contributed by atoms with Crippen LogP contribution in [0.5, 0.6) is 5.06 Å². The molecule has 27 heavy (non-hydrogen) atoms. The first-order valence-electron chi connectivity index (χ1n) is 8.79.